The number of pyridine rings is 2. The number of ketones is 1. The molecule has 98 valence electrons. The van der Waals surface area contributed by atoms with Crippen molar-refractivity contribution in [2.45, 2.75) is 0 Å². The number of hydrogen-bond donors (Lipinski definition) is 0. The first-order valence-corrected chi connectivity index (χ1v) is 7.44. The molecule has 0 amide bonds. The molecule has 5 heteroatoms. The van der Waals surface area contributed by atoms with Crippen molar-refractivity contribution in [1.29, 1.82) is 0 Å². The Morgan fingerprint density at radius 2 is 1.80 bits per heavy atom. The maximum absolute atomic E-state index is 12.5. The minimum absolute atomic E-state index is 0.150. The van der Waals surface area contributed by atoms with Gasteiger partial charge in [-0.1, -0.05) is 18.2 Å². The van der Waals surface area contributed by atoms with Crippen molar-refractivity contribution in [3.05, 3.63) is 69.0 Å². The van der Waals surface area contributed by atoms with Crippen molar-refractivity contribution in [3.63, 3.8) is 0 Å². The van der Waals surface area contributed by atoms with E-state index in [0.29, 0.717) is 15.7 Å². The minimum Gasteiger partial charge on any atom is -0.287 e. The van der Waals surface area contributed by atoms with E-state index in [0.717, 1.165) is 15.4 Å². The Bertz CT molecular complexity index is 818. The van der Waals surface area contributed by atoms with E-state index in [-0.39, 0.29) is 5.78 Å². The molecule has 0 atom stereocenters. The molecule has 0 unspecified atom stereocenters. The summed E-state index contributed by atoms with van der Waals surface area (Å²) in [7, 11) is 0. The fourth-order valence-corrected chi connectivity index (χ4v) is 3.08. The van der Waals surface area contributed by atoms with Crippen LogP contribution in [0, 0.1) is 0 Å². The summed E-state index contributed by atoms with van der Waals surface area (Å²) in [5.74, 6) is -0.150. The van der Waals surface area contributed by atoms with Crippen LogP contribution >= 0.6 is 31.9 Å². The standard InChI is InChI=1S/C15H8Br2N2O/c16-11-6-12(17)14(19-8-11)15(20)10-5-9-3-1-2-4-13(9)18-7-10/h1-8H. The van der Waals surface area contributed by atoms with Gasteiger partial charge in [-0.2, -0.15) is 0 Å². The number of hydrogen-bond acceptors (Lipinski definition) is 3. The lowest BCUT2D eigenvalue weighted by atomic mass is 10.1. The molecule has 0 aliphatic carbocycles. The van der Waals surface area contributed by atoms with Gasteiger partial charge in [0.1, 0.15) is 5.69 Å². The Kier molecular flexibility index (Phi) is 3.63. The van der Waals surface area contributed by atoms with Crippen LogP contribution in [0.1, 0.15) is 16.1 Å². The highest BCUT2D eigenvalue weighted by atomic mass is 79.9. The second kappa shape index (κ2) is 5.42. The molecule has 0 radical (unpaired) electrons. The maximum Gasteiger partial charge on any atom is 0.214 e. The summed E-state index contributed by atoms with van der Waals surface area (Å²) in [6, 6.07) is 11.3. The summed E-state index contributed by atoms with van der Waals surface area (Å²) in [6.45, 7) is 0. The molecular formula is C15H8Br2N2O. The van der Waals surface area contributed by atoms with E-state index in [1.807, 2.05) is 30.3 Å². The molecule has 20 heavy (non-hydrogen) atoms. The number of carbonyl (C=O) groups excluding carboxylic acids is 1. The zero-order chi connectivity index (χ0) is 14.1. The number of halogens is 2. The van der Waals surface area contributed by atoms with Crippen LogP contribution in [0.15, 0.2) is 57.7 Å². The van der Waals surface area contributed by atoms with Gasteiger partial charge in [-0.15, -0.1) is 0 Å². The molecule has 0 bridgehead atoms. The molecule has 0 N–H and O–H groups in total. The van der Waals surface area contributed by atoms with Gasteiger partial charge in [-0.05, 0) is 50.1 Å². The minimum atomic E-state index is -0.150. The molecule has 1 aromatic carbocycles. The van der Waals surface area contributed by atoms with Crippen molar-refractivity contribution in [1.82, 2.24) is 9.97 Å². The van der Waals surface area contributed by atoms with Crippen LogP contribution in [0.2, 0.25) is 0 Å². The molecule has 0 fully saturated rings. The predicted molar refractivity (Wildman–Crippen MR) is 84.8 cm³/mol. The molecule has 0 saturated heterocycles. The first-order chi connectivity index (χ1) is 9.65. The number of aromatic nitrogens is 2. The average molecular weight is 392 g/mol. The Morgan fingerprint density at radius 3 is 2.60 bits per heavy atom. The normalized spacial score (nSPS) is 10.7. The summed E-state index contributed by atoms with van der Waals surface area (Å²) in [5, 5.41) is 0.937. The SMILES string of the molecule is O=C(c1cnc2ccccc2c1)c1ncc(Br)cc1Br. The third-order valence-electron chi connectivity index (χ3n) is 2.88. The molecule has 0 spiro atoms. The second-order valence-corrected chi connectivity index (χ2v) is 6.00. The molecule has 0 aliphatic rings. The Balaban J connectivity index is 2.08. The van der Waals surface area contributed by atoms with Crippen molar-refractivity contribution in [3.8, 4) is 0 Å². The molecule has 3 nitrogen and oxygen atoms in total. The highest BCUT2D eigenvalue weighted by molar-refractivity contribution is 9.11. The monoisotopic (exact) mass is 390 g/mol. The van der Waals surface area contributed by atoms with Crippen LogP contribution in [0.5, 0.6) is 0 Å². The van der Waals surface area contributed by atoms with Crippen molar-refractivity contribution < 1.29 is 4.79 Å². The van der Waals surface area contributed by atoms with E-state index in [2.05, 4.69) is 41.8 Å². The van der Waals surface area contributed by atoms with Gasteiger partial charge in [0.05, 0.1) is 5.52 Å². The Morgan fingerprint density at radius 1 is 1.00 bits per heavy atom. The van der Waals surface area contributed by atoms with Crippen molar-refractivity contribution >= 4 is 48.5 Å². The van der Waals surface area contributed by atoms with Gasteiger partial charge < -0.3 is 0 Å². The summed E-state index contributed by atoms with van der Waals surface area (Å²) in [4.78, 5) is 20.9. The summed E-state index contributed by atoms with van der Waals surface area (Å²) >= 11 is 6.68. The van der Waals surface area contributed by atoms with E-state index in [4.69, 9.17) is 0 Å². The molecule has 2 aromatic heterocycles. The van der Waals surface area contributed by atoms with Gasteiger partial charge in [-0.25, -0.2) is 0 Å². The van der Waals surface area contributed by atoms with Crippen LogP contribution in [0.25, 0.3) is 10.9 Å². The fourth-order valence-electron chi connectivity index (χ4n) is 1.91. The van der Waals surface area contributed by atoms with Crippen molar-refractivity contribution in [2.24, 2.45) is 0 Å². The van der Waals surface area contributed by atoms with Crippen LogP contribution in [0.3, 0.4) is 0 Å². The number of nitrogens with zero attached hydrogens (tertiary/aromatic N) is 2. The molecule has 0 saturated carbocycles. The van der Waals surface area contributed by atoms with E-state index in [1.165, 1.54) is 0 Å². The average Bonchev–Trinajstić information content (AvgIpc) is 2.46. The molecule has 3 rings (SSSR count). The summed E-state index contributed by atoms with van der Waals surface area (Å²) in [5.41, 5.74) is 1.77. The highest BCUT2D eigenvalue weighted by Gasteiger charge is 2.15. The van der Waals surface area contributed by atoms with E-state index < -0.39 is 0 Å². The van der Waals surface area contributed by atoms with Crippen LogP contribution in [-0.2, 0) is 0 Å². The third-order valence-corrected chi connectivity index (χ3v) is 3.91. The molecule has 0 aliphatic heterocycles. The lowest BCUT2D eigenvalue weighted by Crippen LogP contribution is -2.05. The molecule has 2 heterocycles. The molecule has 3 aromatic rings. The van der Waals surface area contributed by atoms with Crippen LogP contribution < -0.4 is 0 Å². The van der Waals surface area contributed by atoms with Gasteiger partial charge in [-0.3, -0.25) is 14.8 Å². The van der Waals surface area contributed by atoms with Crippen LogP contribution in [-0.4, -0.2) is 15.8 Å². The lowest BCUT2D eigenvalue weighted by Gasteiger charge is -2.04. The van der Waals surface area contributed by atoms with Gasteiger partial charge in [0, 0.05) is 32.3 Å². The van der Waals surface area contributed by atoms with Crippen LogP contribution in [0.4, 0.5) is 0 Å². The van der Waals surface area contributed by atoms with Crippen molar-refractivity contribution in [2.75, 3.05) is 0 Å². The zero-order valence-electron chi connectivity index (χ0n) is 10.2. The summed E-state index contributed by atoms with van der Waals surface area (Å²) < 4.78 is 1.47. The lowest BCUT2D eigenvalue weighted by molar-refractivity contribution is 0.103. The zero-order valence-corrected chi connectivity index (χ0v) is 13.3. The quantitative estimate of drug-likeness (QED) is 0.608. The van der Waals surface area contributed by atoms with Gasteiger partial charge in [0.2, 0.25) is 5.78 Å². The number of rotatable bonds is 2. The highest BCUT2D eigenvalue weighted by Crippen LogP contribution is 2.23. The first kappa shape index (κ1) is 13.4. The number of carbonyl (C=O) groups is 1. The number of para-hydroxylation sites is 1. The number of fused-ring (bicyclic) bond motifs is 1. The van der Waals surface area contributed by atoms with E-state index in [9.17, 15) is 4.79 Å². The van der Waals surface area contributed by atoms with Gasteiger partial charge in [0.15, 0.2) is 0 Å². The maximum atomic E-state index is 12.5. The number of benzene rings is 1. The van der Waals surface area contributed by atoms with Gasteiger partial charge >= 0.3 is 0 Å². The smallest absolute Gasteiger partial charge is 0.214 e. The summed E-state index contributed by atoms with van der Waals surface area (Å²) in [6.07, 6.45) is 3.19. The van der Waals surface area contributed by atoms with E-state index >= 15 is 0 Å². The van der Waals surface area contributed by atoms with E-state index in [1.54, 1.807) is 18.5 Å². The fraction of sp³-hybridized carbons (Fsp3) is 0. The predicted octanol–water partition coefficient (Wildman–Crippen LogP) is 4.39. The van der Waals surface area contributed by atoms with Gasteiger partial charge in [0.25, 0.3) is 0 Å². The largest absolute Gasteiger partial charge is 0.287 e. The Labute approximate surface area is 132 Å². The Hall–Kier alpha value is -1.59. The second-order valence-electron chi connectivity index (χ2n) is 4.23. The topological polar surface area (TPSA) is 42.9 Å². The first-order valence-electron chi connectivity index (χ1n) is 5.86. The third kappa shape index (κ3) is 2.51. The molecular weight excluding hydrogens is 384 g/mol.